The molecule has 1 fully saturated rings. The van der Waals surface area contributed by atoms with Gasteiger partial charge in [-0.3, -0.25) is 4.79 Å². The van der Waals surface area contributed by atoms with Gasteiger partial charge in [-0.2, -0.15) is 13.2 Å². The first-order valence-corrected chi connectivity index (χ1v) is 7.42. The van der Waals surface area contributed by atoms with Crippen LogP contribution in [0.15, 0.2) is 0 Å². The van der Waals surface area contributed by atoms with Crippen LogP contribution in [0, 0.1) is 5.92 Å². The number of hydrogen-bond donors (Lipinski definition) is 1. The molecule has 0 radical (unpaired) electrons. The van der Waals surface area contributed by atoms with Gasteiger partial charge in [-0.25, -0.2) is 0 Å². The summed E-state index contributed by atoms with van der Waals surface area (Å²) >= 11 is 0. The van der Waals surface area contributed by atoms with Gasteiger partial charge in [-0.1, -0.05) is 12.8 Å². The summed E-state index contributed by atoms with van der Waals surface area (Å²) in [5.74, 6) is -1.45. The second-order valence-corrected chi connectivity index (χ2v) is 5.44. The molecule has 3 atom stereocenters. The summed E-state index contributed by atoms with van der Waals surface area (Å²) in [5, 5.41) is 2.91. The van der Waals surface area contributed by atoms with E-state index in [2.05, 4.69) is 5.32 Å². The molecular weight excluding hydrogens is 269 g/mol. The van der Waals surface area contributed by atoms with Crippen molar-refractivity contribution in [2.75, 3.05) is 13.1 Å². The van der Waals surface area contributed by atoms with E-state index in [1.165, 1.54) is 0 Å². The summed E-state index contributed by atoms with van der Waals surface area (Å²) in [7, 11) is 0. The summed E-state index contributed by atoms with van der Waals surface area (Å²) < 4.78 is 39.0. The molecule has 118 valence electrons. The molecule has 0 saturated heterocycles. The molecule has 0 aliphatic heterocycles. The SMILES string of the molecule is CCN(CC)C(=O)C(C)NC1CCCCC1C(F)(F)F. The monoisotopic (exact) mass is 294 g/mol. The van der Waals surface area contributed by atoms with E-state index in [-0.39, 0.29) is 12.3 Å². The van der Waals surface area contributed by atoms with Crippen molar-refractivity contribution in [2.24, 2.45) is 5.92 Å². The molecule has 0 aromatic rings. The van der Waals surface area contributed by atoms with Crippen LogP contribution >= 0.6 is 0 Å². The van der Waals surface area contributed by atoms with Gasteiger partial charge in [-0.15, -0.1) is 0 Å². The fourth-order valence-corrected chi connectivity index (χ4v) is 2.92. The first-order chi connectivity index (χ1) is 9.31. The standard InChI is InChI=1S/C14H25F3N2O/c1-4-19(5-2)13(20)10(3)18-12-9-7-6-8-11(12)14(15,16)17/h10-12,18H,4-9H2,1-3H3. The van der Waals surface area contributed by atoms with Gasteiger partial charge >= 0.3 is 6.18 Å². The van der Waals surface area contributed by atoms with Crippen molar-refractivity contribution in [3.63, 3.8) is 0 Å². The Balaban J connectivity index is 2.67. The van der Waals surface area contributed by atoms with Crippen molar-refractivity contribution < 1.29 is 18.0 Å². The molecule has 1 aliphatic carbocycles. The van der Waals surface area contributed by atoms with Crippen LogP contribution in [0.25, 0.3) is 0 Å². The van der Waals surface area contributed by atoms with Crippen LogP contribution in [-0.4, -0.2) is 42.2 Å². The molecule has 1 aliphatic rings. The molecule has 0 heterocycles. The van der Waals surface area contributed by atoms with Gasteiger partial charge in [0.25, 0.3) is 0 Å². The molecule has 20 heavy (non-hydrogen) atoms. The number of nitrogens with zero attached hydrogens (tertiary/aromatic N) is 1. The molecule has 3 nitrogen and oxygen atoms in total. The van der Waals surface area contributed by atoms with Crippen LogP contribution in [0.1, 0.15) is 46.5 Å². The number of hydrogen-bond acceptors (Lipinski definition) is 2. The van der Waals surface area contributed by atoms with Gasteiger partial charge in [0.15, 0.2) is 0 Å². The minimum absolute atomic E-state index is 0.124. The van der Waals surface area contributed by atoms with Crippen LogP contribution in [0.2, 0.25) is 0 Å². The van der Waals surface area contributed by atoms with Crippen molar-refractivity contribution in [3.8, 4) is 0 Å². The van der Waals surface area contributed by atoms with E-state index in [1.807, 2.05) is 13.8 Å². The third-order valence-corrected chi connectivity index (χ3v) is 4.10. The molecule has 1 amide bonds. The first kappa shape index (κ1) is 17.3. The molecule has 0 bridgehead atoms. The smallest absolute Gasteiger partial charge is 0.342 e. The van der Waals surface area contributed by atoms with Crippen LogP contribution in [0.3, 0.4) is 0 Å². The Hall–Kier alpha value is -0.780. The van der Waals surface area contributed by atoms with Crippen molar-refractivity contribution in [1.82, 2.24) is 10.2 Å². The number of likely N-dealkylation sites (N-methyl/N-ethyl adjacent to an activating group) is 1. The number of halogens is 3. The zero-order valence-electron chi connectivity index (χ0n) is 12.5. The second-order valence-electron chi connectivity index (χ2n) is 5.44. The lowest BCUT2D eigenvalue weighted by Gasteiger charge is -2.36. The minimum atomic E-state index is -4.18. The van der Waals surface area contributed by atoms with Crippen LogP contribution in [0.5, 0.6) is 0 Å². The fourth-order valence-electron chi connectivity index (χ4n) is 2.92. The van der Waals surface area contributed by atoms with Crippen LogP contribution in [-0.2, 0) is 4.79 Å². The largest absolute Gasteiger partial charge is 0.393 e. The van der Waals surface area contributed by atoms with E-state index in [9.17, 15) is 18.0 Å². The maximum atomic E-state index is 13.0. The molecule has 1 rings (SSSR count). The average molecular weight is 294 g/mol. The highest BCUT2D eigenvalue weighted by molar-refractivity contribution is 5.81. The lowest BCUT2D eigenvalue weighted by molar-refractivity contribution is -0.189. The lowest BCUT2D eigenvalue weighted by atomic mass is 9.83. The van der Waals surface area contributed by atoms with Gasteiger partial charge in [0.05, 0.1) is 12.0 Å². The summed E-state index contributed by atoms with van der Waals surface area (Å²) in [6.07, 6.45) is -2.14. The molecule has 0 aromatic heterocycles. The van der Waals surface area contributed by atoms with E-state index in [4.69, 9.17) is 0 Å². The Morgan fingerprint density at radius 1 is 1.25 bits per heavy atom. The maximum absolute atomic E-state index is 13.0. The van der Waals surface area contributed by atoms with Crippen molar-refractivity contribution >= 4 is 5.91 Å². The van der Waals surface area contributed by atoms with E-state index < -0.39 is 24.2 Å². The Bertz CT molecular complexity index is 316. The number of nitrogens with one attached hydrogen (secondary N) is 1. The predicted molar refractivity (Wildman–Crippen MR) is 72.3 cm³/mol. The van der Waals surface area contributed by atoms with Crippen LogP contribution in [0.4, 0.5) is 13.2 Å². The van der Waals surface area contributed by atoms with Crippen molar-refractivity contribution in [1.29, 1.82) is 0 Å². The van der Waals surface area contributed by atoms with Gasteiger partial charge in [-0.05, 0) is 33.6 Å². The summed E-state index contributed by atoms with van der Waals surface area (Å²) in [5.41, 5.74) is 0. The Morgan fingerprint density at radius 2 is 1.80 bits per heavy atom. The molecule has 0 spiro atoms. The molecule has 1 saturated carbocycles. The van der Waals surface area contributed by atoms with E-state index in [0.717, 1.165) is 6.42 Å². The third-order valence-electron chi connectivity index (χ3n) is 4.10. The summed E-state index contributed by atoms with van der Waals surface area (Å²) in [6, 6.07) is -1.21. The lowest BCUT2D eigenvalue weighted by Crippen LogP contribution is -2.53. The first-order valence-electron chi connectivity index (χ1n) is 7.42. The maximum Gasteiger partial charge on any atom is 0.393 e. The fraction of sp³-hybridized carbons (Fsp3) is 0.929. The van der Waals surface area contributed by atoms with Gasteiger partial charge in [0.2, 0.25) is 5.91 Å². The van der Waals surface area contributed by atoms with Crippen molar-refractivity contribution in [3.05, 3.63) is 0 Å². The van der Waals surface area contributed by atoms with Gasteiger partial charge in [0, 0.05) is 19.1 Å². The van der Waals surface area contributed by atoms with E-state index >= 15 is 0 Å². The number of amides is 1. The number of rotatable bonds is 5. The third kappa shape index (κ3) is 4.36. The van der Waals surface area contributed by atoms with E-state index in [0.29, 0.717) is 25.9 Å². The summed E-state index contributed by atoms with van der Waals surface area (Å²) in [4.78, 5) is 13.8. The van der Waals surface area contributed by atoms with Gasteiger partial charge < -0.3 is 10.2 Å². The molecule has 3 unspecified atom stereocenters. The minimum Gasteiger partial charge on any atom is -0.342 e. The molecule has 6 heteroatoms. The molecule has 0 aromatic carbocycles. The van der Waals surface area contributed by atoms with Gasteiger partial charge in [0.1, 0.15) is 0 Å². The van der Waals surface area contributed by atoms with E-state index in [1.54, 1.807) is 11.8 Å². The quantitative estimate of drug-likeness (QED) is 0.845. The Labute approximate surface area is 118 Å². The normalized spacial score (nSPS) is 25.3. The highest BCUT2D eigenvalue weighted by Crippen LogP contribution is 2.37. The number of carbonyl (C=O) groups is 1. The highest BCUT2D eigenvalue weighted by Gasteiger charge is 2.46. The Morgan fingerprint density at radius 3 is 2.30 bits per heavy atom. The molecular formula is C14H25F3N2O. The van der Waals surface area contributed by atoms with Crippen molar-refractivity contribution in [2.45, 2.75) is 64.7 Å². The predicted octanol–water partition coefficient (Wildman–Crippen LogP) is 2.95. The summed E-state index contributed by atoms with van der Waals surface area (Å²) in [6.45, 7) is 6.55. The zero-order valence-corrected chi connectivity index (χ0v) is 12.5. The highest BCUT2D eigenvalue weighted by atomic mass is 19.4. The second kappa shape index (κ2) is 7.29. The van der Waals surface area contributed by atoms with Crippen LogP contribution < -0.4 is 5.32 Å². The molecule has 1 N–H and O–H groups in total. The topological polar surface area (TPSA) is 32.3 Å². The Kier molecular flexibility index (Phi) is 6.30. The number of carbonyl (C=O) groups excluding carboxylic acids is 1. The average Bonchev–Trinajstić information content (AvgIpc) is 2.39. The number of alkyl halides is 3. The zero-order chi connectivity index (χ0) is 15.3.